The van der Waals surface area contributed by atoms with Gasteiger partial charge in [-0.05, 0) is 31.4 Å². The molecule has 3 fully saturated rings. The lowest BCUT2D eigenvalue weighted by Crippen LogP contribution is -2.39. The standard InChI is InChI=1S/C19H18BrNO6/c1-8(22)9-3-2-4-10(5-9)21-13(23)7-26-18(24)14-11-6-12-15(14)19(25)27-17(12)16(11)20/h2-5,11-12,14-17H,6-7H2,1H3,(H,21,23)/t11-,12-,14-,15-,16+,17+/m1/s1. The third-order valence-electron chi connectivity index (χ3n) is 5.69. The fourth-order valence-corrected chi connectivity index (χ4v) is 5.58. The van der Waals surface area contributed by atoms with Gasteiger partial charge in [0.1, 0.15) is 6.10 Å². The SMILES string of the molecule is CC(=O)c1cccc(NC(=O)COC(=O)[C@@H]2[C@H]3C[C@H]4[C@H](OC(=O)[C@H]42)[C@H]3Br)c1. The van der Waals surface area contributed by atoms with E-state index in [9.17, 15) is 19.2 Å². The molecule has 1 amide bonds. The molecule has 1 aliphatic heterocycles. The van der Waals surface area contributed by atoms with E-state index in [4.69, 9.17) is 9.47 Å². The van der Waals surface area contributed by atoms with Crippen LogP contribution in [0.1, 0.15) is 23.7 Å². The summed E-state index contributed by atoms with van der Waals surface area (Å²) in [5.41, 5.74) is 0.927. The summed E-state index contributed by atoms with van der Waals surface area (Å²) in [7, 11) is 0. The minimum atomic E-state index is -0.570. The highest BCUT2D eigenvalue weighted by Crippen LogP contribution is 2.60. The Kier molecular flexibility index (Phi) is 4.53. The summed E-state index contributed by atoms with van der Waals surface area (Å²) in [5.74, 6) is -2.50. The van der Waals surface area contributed by atoms with Crippen LogP contribution in [0.2, 0.25) is 0 Å². The minimum Gasteiger partial charge on any atom is -0.461 e. The number of esters is 2. The van der Waals surface area contributed by atoms with E-state index in [2.05, 4.69) is 21.2 Å². The van der Waals surface area contributed by atoms with Crippen LogP contribution in [0.4, 0.5) is 5.69 Å². The second-order valence-electron chi connectivity index (χ2n) is 7.25. The maximum Gasteiger partial charge on any atom is 0.310 e. The highest BCUT2D eigenvalue weighted by molar-refractivity contribution is 9.09. The number of Topliss-reactive ketones (excluding diaryl/α,β-unsaturated/α-hetero) is 1. The van der Waals surface area contributed by atoms with Gasteiger partial charge in [0.2, 0.25) is 0 Å². The first-order chi connectivity index (χ1) is 12.9. The van der Waals surface area contributed by atoms with Gasteiger partial charge in [0.25, 0.3) is 5.91 Å². The van der Waals surface area contributed by atoms with E-state index in [-0.39, 0.29) is 34.5 Å². The summed E-state index contributed by atoms with van der Waals surface area (Å²) >= 11 is 3.54. The Morgan fingerprint density at radius 2 is 2.07 bits per heavy atom. The van der Waals surface area contributed by atoms with Gasteiger partial charge in [-0.3, -0.25) is 19.2 Å². The number of carbonyl (C=O) groups is 4. The summed E-state index contributed by atoms with van der Waals surface area (Å²) in [5, 5.41) is 2.60. The molecule has 0 radical (unpaired) electrons. The number of hydrogen-bond donors (Lipinski definition) is 1. The van der Waals surface area contributed by atoms with Gasteiger partial charge in [0, 0.05) is 17.2 Å². The summed E-state index contributed by atoms with van der Waals surface area (Å²) < 4.78 is 10.6. The third kappa shape index (κ3) is 3.05. The lowest BCUT2D eigenvalue weighted by Gasteiger charge is -2.26. The van der Waals surface area contributed by atoms with E-state index in [0.717, 1.165) is 6.42 Å². The molecule has 1 aromatic carbocycles. The Labute approximate surface area is 163 Å². The summed E-state index contributed by atoms with van der Waals surface area (Å²) in [4.78, 5) is 48.0. The quantitative estimate of drug-likeness (QED) is 0.431. The van der Waals surface area contributed by atoms with Crippen molar-refractivity contribution in [2.75, 3.05) is 11.9 Å². The lowest BCUT2D eigenvalue weighted by molar-refractivity contribution is -0.157. The van der Waals surface area contributed by atoms with Crippen molar-refractivity contribution >= 4 is 45.2 Å². The van der Waals surface area contributed by atoms with E-state index in [1.807, 2.05) is 0 Å². The van der Waals surface area contributed by atoms with Crippen LogP contribution in [-0.4, -0.2) is 41.2 Å². The van der Waals surface area contributed by atoms with Gasteiger partial charge < -0.3 is 14.8 Å². The number of halogens is 1. The number of nitrogens with one attached hydrogen (secondary N) is 1. The lowest BCUT2D eigenvalue weighted by atomic mass is 9.80. The molecule has 1 aromatic rings. The van der Waals surface area contributed by atoms with E-state index >= 15 is 0 Å². The summed E-state index contributed by atoms with van der Waals surface area (Å²) in [6, 6.07) is 6.51. The Morgan fingerprint density at radius 1 is 1.30 bits per heavy atom. The Balaban J connectivity index is 1.36. The van der Waals surface area contributed by atoms with Crippen LogP contribution in [0.15, 0.2) is 24.3 Å². The molecule has 0 spiro atoms. The van der Waals surface area contributed by atoms with Gasteiger partial charge in [0.15, 0.2) is 12.4 Å². The molecule has 2 saturated carbocycles. The van der Waals surface area contributed by atoms with Crippen LogP contribution >= 0.6 is 15.9 Å². The average molecular weight is 436 g/mol. The zero-order valence-corrected chi connectivity index (χ0v) is 16.1. The van der Waals surface area contributed by atoms with Gasteiger partial charge in [-0.25, -0.2) is 0 Å². The highest BCUT2D eigenvalue weighted by atomic mass is 79.9. The van der Waals surface area contributed by atoms with Gasteiger partial charge in [0.05, 0.1) is 16.7 Å². The molecule has 0 unspecified atom stereocenters. The predicted octanol–water partition coefficient (Wildman–Crippen LogP) is 1.94. The van der Waals surface area contributed by atoms with Crippen LogP contribution in [0.25, 0.3) is 0 Å². The van der Waals surface area contributed by atoms with Crippen molar-refractivity contribution in [3.63, 3.8) is 0 Å². The monoisotopic (exact) mass is 435 g/mol. The molecule has 6 atom stereocenters. The maximum absolute atomic E-state index is 12.5. The molecular formula is C19H18BrNO6. The third-order valence-corrected chi connectivity index (χ3v) is 6.89. The smallest absolute Gasteiger partial charge is 0.310 e. The number of carbonyl (C=O) groups excluding carboxylic acids is 4. The van der Waals surface area contributed by atoms with Crippen molar-refractivity contribution < 1.29 is 28.7 Å². The number of hydrogen-bond acceptors (Lipinski definition) is 6. The van der Waals surface area contributed by atoms with Gasteiger partial charge in [-0.1, -0.05) is 28.1 Å². The molecule has 0 aromatic heterocycles. The van der Waals surface area contributed by atoms with Crippen molar-refractivity contribution in [2.45, 2.75) is 24.3 Å². The zero-order chi connectivity index (χ0) is 19.3. The first-order valence-corrected chi connectivity index (χ1v) is 9.70. The van der Waals surface area contributed by atoms with Crippen molar-refractivity contribution in [3.8, 4) is 0 Å². The number of rotatable bonds is 5. The van der Waals surface area contributed by atoms with E-state index in [1.165, 1.54) is 6.92 Å². The van der Waals surface area contributed by atoms with Gasteiger partial charge in [-0.15, -0.1) is 0 Å². The molecule has 3 aliphatic rings. The molecule has 1 N–H and O–H groups in total. The Bertz CT molecular complexity index is 839. The van der Waals surface area contributed by atoms with E-state index < -0.39 is 30.3 Å². The molecule has 2 aliphatic carbocycles. The zero-order valence-electron chi connectivity index (χ0n) is 14.5. The minimum absolute atomic E-state index is 0.0146. The predicted molar refractivity (Wildman–Crippen MR) is 97.2 cm³/mol. The molecule has 2 bridgehead atoms. The maximum atomic E-state index is 12.5. The average Bonchev–Trinajstić information content (AvgIpc) is 3.24. The normalized spacial score (nSPS) is 32.9. The largest absolute Gasteiger partial charge is 0.461 e. The number of ketones is 1. The number of fused-ring (bicyclic) bond motifs is 1. The first kappa shape index (κ1) is 18.2. The molecule has 8 heteroatoms. The summed E-state index contributed by atoms with van der Waals surface area (Å²) in [6.07, 6.45) is 0.592. The van der Waals surface area contributed by atoms with Crippen molar-refractivity contribution in [3.05, 3.63) is 29.8 Å². The molecule has 4 rings (SSSR count). The molecular weight excluding hydrogens is 418 g/mol. The Morgan fingerprint density at radius 3 is 2.81 bits per heavy atom. The Hall–Kier alpha value is -2.22. The number of anilines is 1. The highest BCUT2D eigenvalue weighted by Gasteiger charge is 2.68. The molecule has 27 heavy (non-hydrogen) atoms. The number of ether oxygens (including phenoxy) is 2. The first-order valence-electron chi connectivity index (χ1n) is 8.79. The summed E-state index contributed by atoms with van der Waals surface area (Å²) in [6.45, 7) is 0.989. The molecule has 1 saturated heterocycles. The topological polar surface area (TPSA) is 98.8 Å². The van der Waals surface area contributed by atoms with Crippen molar-refractivity contribution in [2.24, 2.45) is 23.7 Å². The van der Waals surface area contributed by atoms with Crippen molar-refractivity contribution in [1.29, 1.82) is 0 Å². The molecule has 7 nitrogen and oxygen atoms in total. The molecule has 142 valence electrons. The van der Waals surface area contributed by atoms with E-state index in [1.54, 1.807) is 24.3 Å². The number of benzene rings is 1. The van der Waals surface area contributed by atoms with Crippen molar-refractivity contribution in [1.82, 2.24) is 0 Å². The molecule has 1 heterocycles. The number of alkyl halides is 1. The fraction of sp³-hybridized carbons (Fsp3) is 0.474. The van der Waals surface area contributed by atoms with Crippen LogP contribution in [0, 0.1) is 23.7 Å². The second-order valence-corrected chi connectivity index (χ2v) is 8.31. The van der Waals surface area contributed by atoms with Crippen LogP contribution < -0.4 is 5.32 Å². The van der Waals surface area contributed by atoms with Crippen LogP contribution in [-0.2, 0) is 23.9 Å². The van der Waals surface area contributed by atoms with Crippen LogP contribution in [0.3, 0.4) is 0 Å². The fourth-order valence-electron chi connectivity index (χ4n) is 4.54. The second kappa shape index (κ2) is 6.74. The van der Waals surface area contributed by atoms with E-state index in [0.29, 0.717) is 11.3 Å². The van der Waals surface area contributed by atoms with Gasteiger partial charge in [-0.2, -0.15) is 0 Å². The van der Waals surface area contributed by atoms with Gasteiger partial charge >= 0.3 is 11.9 Å². The number of amides is 1. The van der Waals surface area contributed by atoms with Crippen LogP contribution in [0.5, 0.6) is 0 Å².